The van der Waals surface area contributed by atoms with Crippen LogP contribution >= 0.6 is 11.6 Å². The third-order valence-electron chi connectivity index (χ3n) is 2.00. The van der Waals surface area contributed by atoms with Crippen molar-refractivity contribution in [3.05, 3.63) is 34.6 Å². The lowest BCUT2D eigenvalue weighted by atomic mass is 10.1. The standard InChI is InChI=1S/C11H12ClFO2/c1-15-6-5-9(14)7-8-3-2-4-10(13)11(8)12/h2-4H,5-7H2,1H3. The monoisotopic (exact) mass is 230 g/mol. The van der Waals surface area contributed by atoms with Gasteiger partial charge in [-0.3, -0.25) is 4.79 Å². The summed E-state index contributed by atoms with van der Waals surface area (Å²) in [5.74, 6) is -0.502. The first-order valence-electron chi connectivity index (χ1n) is 4.58. The lowest BCUT2D eigenvalue weighted by molar-refractivity contribution is -0.119. The van der Waals surface area contributed by atoms with Crippen molar-refractivity contribution in [2.45, 2.75) is 12.8 Å². The molecule has 1 aromatic rings. The Bertz CT molecular complexity index is 352. The fourth-order valence-corrected chi connectivity index (χ4v) is 1.39. The van der Waals surface area contributed by atoms with E-state index in [2.05, 4.69) is 0 Å². The molecule has 4 heteroatoms. The molecular weight excluding hydrogens is 219 g/mol. The molecular formula is C11H12ClFO2. The Hall–Kier alpha value is -0.930. The molecule has 0 unspecified atom stereocenters. The van der Waals surface area contributed by atoms with Crippen molar-refractivity contribution >= 4 is 17.4 Å². The average molecular weight is 231 g/mol. The number of ketones is 1. The molecule has 0 atom stereocenters. The summed E-state index contributed by atoms with van der Waals surface area (Å²) >= 11 is 5.71. The molecule has 0 amide bonds. The molecule has 0 bridgehead atoms. The molecule has 0 fully saturated rings. The molecule has 2 nitrogen and oxygen atoms in total. The third kappa shape index (κ3) is 3.61. The Labute approximate surface area is 93.0 Å². The molecule has 1 rings (SSSR count). The van der Waals surface area contributed by atoms with E-state index in [4.69, 9.17) is 16.3 Å². The summed E-state index contributed by atoms with van der Waals surface area (Å²) < 4.78 is 17.8. The van der Waals surface area contributed by atoms with E-state index >= 15 is 0 Å². The fraction of sp³-hybridized carbons (Fsp3) is 0.364. The summed E-state index contributed by atoms with van der Waals surface area (Å²) in [7, 11) is 1.53. The number of methoxy groups -OCH3 is 1. The van der Waals surface area contributed by atoms with E-state index in [1.54, 1.807) is 12.1 Å². The highest BCUT2D eigenvalue weighted by atomic mass is 35.5. The minimum Gasteiger partial charge on any atom is -0.384 e. The molecule has 0 radical (unpaired) electrons. The van der Waals surface area contributed by atoms with Gasteiger partial charge in [0.2, 0.25) is 0 Å². The molecule has 82 valence electrons. The Balaban J connectivity index is 2.64. The fourth-order valence-electron chi connectivity index (χ4n) is 1.20. The van der Waals surface area contributed by atoms with E-state index in [1.807, 2.05) is 0 Å². The van der Waals surface area contributed by atoms with Crippen molar-refractivity contribution in [2.75, 3.05) is 13.7 Å². The first-order chi connectivity index (χ1) is 7.15. The van der Waals surface area contributed by atoms with Crippen LogP contribution < -0.4 is 0 Å². The molecule has 0 spiro atoms. The van der Waals surface area contributed by atoms with E-state index in [1.165, 1.54) is 13.2 Å². The van der Waals surface area contributed by atoms with Gasteiger partial charge in [0.15, 0.2) is 0 Å². The maximum Gasteiger partial charge on any atom is 0.142 e. The van der Waals surface area contributed by atoms with Gasteiger partial charge in [0.05, 0.1) is 11.6 Å². The van der Waals surface area contributed by atoms with Gasteiger partial charge in [-0.15, -0.1) is 0 Å². The molecule has 0 aliphatic rings. The van der Waals surface area contributed by atoms with E-state index in [0.717, 1.165) is 0 Å². The van der Waals surface area contributed by atoms with Gasteiger partial charge in [0.1, 0.15) is 11.6 Å². The number of hydrogen-bond donors (Lipinski definition) is 0. The summed E-state index contributed by atoms with van der Waals surface area (Å²) in [5.41, 5.74) is 0.526. The van der Waals surface area contributed by atoms with Crippen LogP contribution in [0.5, 0.6) is 0 Å². The topological polar surface area (TPSA) is 26.3 Å². The number of halogens is 2. The first-order valence-corrected chi connectivity index (χ1v) is 4.96. The zero-order valence-electron chi connectivity index (χ0n) is 8.43. The highest BCUT2D eigenvalue weighted by Crippen LogP contribution is 2.20. The van der Waals surface area contributed by atoms with Gasteiger partial charge in [0, 0.05) is 20.0 Å². The van der Waals surface area contributed by atoms with Gasteiger partial charge in [-0.05, 0) is 11.6 Å². The lowest BCUT2D eigenvalue weighted by Gasteiger charge is -2.04. The Morgan fingerprint density at radius 2 is 2.27 bits per heavy atom. The van der Waals surface area contributed by atoms with Gasteiger partial charge < -0.3 is 4.74 Å². The highest BCUT2D eigenvalue weighted by Gasteiger charge is 2.09. The summed E-state index contributed by atoms with van der Waals surface area (Å²) in [6.07, 6.45) is 0.475. The van der Waals surface area contributed by atoms with Crippen LogP contribution in [0.3, 0.4) is 0 Å². The molecule has 0 N–H and O–H groups in total. The van der Waals surface area contributed by atoms with Crippen molar-refractivity contribution in [2.24, 2.45) is 0 Å². The van der Waals surface area contributed by atoms with Crippen LogP contribution in [0.4, 0.5) is 4.39 Å². The number of benzene rings is 1. The molecule has 15 heavy (non-hydrogen) atoms. The maximum atomic E-state index is 13.0. The second-order valence-electron chi connectivity index (χ2n) is 3.17. The van der Waals surface area contributed by atoms with Gasteiger partial charge in [-0.25, -0.2) is 4.39 Å². The van der Waals surface area contributed by atoms with Crippen LogP contribution in [0, 0.1) is 5.82 Å². The number of carbonyl (C=O) groups excluding carboxylic acids is 1. The van der Waals surface area contributed by atoms with Crippen LogP contribution in [0.1, 0.15) is 12.0 Å². The number of carbonyl (C=O) groups is 1. The van der Waals surface area contributed by atoms with Crippen LogP contribution in [-0.2, 0) is 16.0 Å². The molecule has 0 aliphatic carbocycles. The van der Waals surface area contributed by atoms with E-state index in [-0.39, 0.29) is 17.2 Å². The van der Waals surface area contributed by atoms with E-state index in [9.17, 15) is 9.18 Å². The lowest BCUT2D eigenvalue weighted by Crippen LogP contribution is -2.06. The molecule has 0 aliphatic heterocycles. The first kappa shape index (κ1) is 12.1. The van der Waals surface area contributed by atoms with E-state index < -0.39 is 5.82 Å². The quantitative estimate of drug-likeness (QED) is 0.777. The van der Waals surface area contributed by atoms with Crippen molar-refractivity contribution in [3.8, 4) is 0 Å². The van der Waals surface area contributed by atoms with E-state index in [0.29, 0.717) is 18.6 Å². The Morgan fingerprint density at radius 3 is 2.93 bits per heavy atom. The number of hydrogen-bond acceptors (Lipinski definition) is 2. The van der Waals surface area contributed by atoms with Crippen LogP contribution in [-0.4, -0.2) is 19.5 Å². The molecule has 1 aromatic carbocycles. The second-order valence-corrected chi connectivity index (χ2v) is 3.55. The Kier molecular flexibility index (Phi) is 4.72. The summed E-state index contributed by atoms with van der Waals surface area (Å²) in [5, 5.41) is 0.0308. The number of rotatable bonds is 5. The van der Waals surface area contributed by atoms with Gasteiger partial charge in [-0.2, -0.15) is 0 Å². The van der Waals surface area contributed by atoms with Crippen molar-refractivity contribution < 1.29 is 13.9 Å². The molecule has 0 heterocycles. The minimum absolute atomic E-state index is 0.00986. The summed E-state index contributed by atoms with van der Waals surface area (Å²) in [4.78, 5) is 11.4. The molecule has 0 saturated heterocycles. The van der Waals surface area contributed by atoms with Gasteiger partial charge in [0.25, 0.3) is 0 Å². The summed E-state index contributed by atoms with van der Waals surface area (Å²) in [6.45, 7) is 0.381. The van der Waals surface area contributed by atoms with Crippen molar-refractivity contribution in [1.82, 2.24) is 0 Å². The van der Waals surface area contributed by atoms with Crippen LogP contribution in [0.15, 0.2) is 18.2 Å². The third-order valence-corrected chi connectivity index (χ3v) is 2.43. The van der Waals surface area contributed by atoms with Crippen LogP contribution in [0.2, 0.25) is 5.02 Å². The van der Waals surface area contributed by atoms with Crippen LogP contribution in [0.25, 0.3) is 0 Å². The minimum atomic E-state index is -0.492. The largest absolute Gasteiger partial charge is 0.384 e. The van der Waals surface area contributed by atoms with Gasteiger partial charge >= 0.3 is 0 Å². The zero-order valence-corrected chi connectivity index (χ0v) is 9.18. The van der Waals surface area contributed by atoms with Gasteiger partial charge in [-0.1, -0.05) is 23.7 Å². The highest BCUT2D eigenvalue weighted by molar-refractivity contribution is 6.31. The number of Topliss-reactive ketones (excluding diaryl/α,β-unsaturated/α-hetero) is 1. The molecule has 0 aromatic heterocycles. The number of ether oxygens (including phenoxy) is 1. The SMILES string of the molecule is COCCC(=O)Cc1cccc(F)c1Cl. The zero-order chi connectivity index (χ0) is 11.3. The predicted molar refractivity (Wildman–Crippen MR) is 56.6 cm³/mol. The predicted octanol–water partition coefficient (Wildman–Crippen LogP) is 2.63. The van der Waals surface area contributed by atoms with Crippen molar-refractivity contribution in [3.63, 3.8) is 0 Å². The smallest absolute Gasteiger partial charge is 0.142 e. The maximum absolute atomic E-state index is 13.0. The normalized spacial score (nSPS) is 10.3. The summed E-state index contributed by atoms with van der Waals surface area (Å²) in [6, 6.07) is 4.46. The molecule has 0 saturated carbocycles. The Morgan fingerprint density at radius 1 is 1.53 bits per heavy atom. The second kappa shape index (κ2) is 5.83. The average Bonchev–Trinajstić information content (AvgIpc) is 2.22. The van der Waals surface area contributed by atoms with Crippen molar-refractivity contribution in [1.29, 1.82) is 0 Å².